The molecule has 6 heteroatoms. The van der Waals surface area contributed by atoms with Crippen LogP contribution in [0.4, 0.5) is 4.79 Å². The van der Waals surface area contributed by atoms with E-state index in [2.05, 4.69) is 17.2 Å². The highest BCUT2D eigenvalue weighted by Crippen LogP contribution is 2.10. The molecule has 2 atom stereocenters. The number of carbonyl (C=O) groups is 2. The molecule has 100 valence electrons. The lowest BCUT2D eigenvalue weighted by Gasteiger charge is -2.15. The van der Waals surface area contributed by atoms with E-state index in [4.69, 9.17) is 15.6 Å². The number of nitrogens with one attached hydrogen (secondary N) is 1. The van der Waals surface area contributed by atoms with E-state index >= 15 is 0 Å². The van der Waals surface area contributed by atoms with Crippen molar-refractivity contribution in [2.45, 2.75) is 44.2 Å². The molecule has 1 aliphatic carbocycles. The molecule has 0 aromatic heterocycles. The Morgan fingerprint density at radius 2 is 2.22 bits per heavy atom. The molecule has 6 nitrogen and oxygen atoms in total. The van der Waals surface area contributed by atoms with Crippen LogP contribution in [-0.4, -0.2) is 35.9 Å². The van der Waals surface area contributed by atoms with Gasteiger partial charge in [-0.2, -0.15) is 0 Å². The molecule has 0 bridgehead atoms. The largest absolute Gasteiger partial charge is 0.480 e. The van der Waals surface area contributed by atoms with Crippen LogP contribution in [0, 0.1) is 11.8 Å². The maximum atomic E-state index is 11.4. The Balaban J connectivity index is 2.32. The fourth-order valence-electron chi connectivity index (χ4n) is 1.52. The average Bonchev–Trinajstić information content (AvgIpc) is 2.29. The van der Waals surface area contributed by atoms with Gasteiger partial charge < -0.3 is 20.9 Å². The molecule has 0 radical (unpaired) electrons. The summed E-state index contributed by atoms with van der Waals surface area (Å²) >= 11 is 0. The van der Waals surface area contributed by atoms with Crippen LogP contribution in [0.5, 0.6) is 0 Å². The van der Waals surface area contributed by atoms with Gasteiger partial charge in [-0.15, -0.1) is 0 Å². The normalized spacial score (nSPS) is 20.6. The summed E-state index contributed by atoms with van der Waals surface area (Å²) in [6, 6.07) is -1.12. The number of rotatable bonds is 4. The highest BCUT2D eigenvalue weighted by Gasteiger charge is 2.16. The first-order valence-corrected chi connectivity index (χ1v) is 6.01. The van der Waals surface area contributed by atoms with Crippen molar-refractivity contribution >= 4 is 12.1 Å². The van der Waals surface area contributed by atoms with Gasteiger partial charge in [0, 0.05) is 13.0 Å². The Kier molecular flexibility index (Phi) is 6.01. The number of aliphatic carboxylic acids is 1. The summed E-state index contributed by atoms with van der Waals surface area (Å²) in [5, 5.41) is 10.9. The number of carboxylic acid groups (broad SMARTS) is 1. The van der Waals surface area contributed by atoms with Crippen molar-refractivity contribution in [1.82, 2.24) is 5.32 Å². The number of hydrogen-bond donors (Lipinski definition) is 3. The smallest absolute Gasteiger partial charge is 0.408 e. The van der Waals surface area contributed by atoms with Gasteiger partial charge in [-0.05, 0) is 19.3 Å². The fraction of sp³-hybridized carbons (Fsp3) is 0.667. The highest BCUT2D eigenvalue weighted by molar-refractivity contribution is 5.75. The van der Waals surface area contributed by atoms with E-state index in [-0.39, 0.29) is 6.54 Å². The van der Waals surface area contributed by atoms with E-state index in [1.54, 1.807) is 0 Å². The number of ether oxygens (including phenoxy) is 1. The van der Waals surface area contributed by atoms with Crippen LogP contribution in [0.2, 0.25) is 0 Å². The van der Waals surface area contributed by atoms with Crippen LogP contribution < -0.4 is 11.1 Å². The van der Waals surface area contributed by atoms with Crippen molar-refractivity contribution in [2.75, 3.05) is 6.54 Å². The number of alkyl carbamates (subject to hydrolysis) is 1. The molecule has 0 saturated heterocycles. The van der Waals surface area contributed by atoms with Crippen molar-refractivity contribution in [2.24, 2.45) is 5.73 Å². The van der Waals surface area contributed by atoms with E-state index in [0.717, 1.165) is 25.7 Å². The highest BCUT2D eigenvalue weighted by atomic mass is 16.6. The molecule has 0 saturated carbocycles. The molecule has 0 aromatic rings. The average molecular weight is 254 g/mol. The van der Waals surface area contributed by atoms with E-state index < -0.39 is 24.2 Å². The zero-order chi connectivity index (χ0) is 13.4. The summed E-state index contributed by atoms with van der Waals surface area (Å²) in [5.41, 5.74) is 5.25. The second-order valence-electron chi connectivity index (χ2n) is 4.14. The van der Waals surface area contributed by atoms with Gasteiger partial charge in [0.2, 0.25) is 0 Å². The first kappa shape index (κ1) is 14.3. The minimum Gasteiger partial charge on any atom is -0.480 e. The number of carbonyl (C=O) groups excluding carboxylic acids is 1. The molecule has 2 unspecified atom stereocenters. The number of amides is 1. The van der Waals surface area contributed by atoms with Gasteiger partial charge in [0.25, 0.3) is 0 Å². The third kappa shape index (κ3) is 5.55. The van der Waals surface area contributed by atoms with Gasteiger partial charge in [-0.1, -0.05) is 18.3 Å². The second-order valence-corrected chi connectivity index (χ2v) is 4.14. The van der Waals surface area contributed by atoms with Crippen molar-refractivity contribution in [3.05, 3.63) is 0 Å². The fourth-order valence-corrected chi connectivity index (χ4v) is 1.52. The molecule has 0 spiro atoms. The zero-order valence-corrected chi connectivity index (χ0v) is 10.1. The quantitative estimate of drug-likeness (QED) is 0.633. The minimum absolute atomic E-state index is 0.158. The van der Waals surface area contributed by atoms with E-state index in [1.165, 1.54) is 0 Å². The number of hydrogen-bond acceptors (Lipinski definition) is 4. The first-order chi connectivity index (χ1) is 8.59. The number of carboxylic acids is 1. The Labute approximate surface area is 106 Å². The summed E-state index contributed by atoms with van der Waals surface area (Å²) in [7, 11) is 0. The lowest BCUT2D eigenvalue weighted by atomic mass is 10.1. The van der Waals surface area contributed by atoms with E-state index in [9.17, 15) is 9.59 Å². The van der Waals surface area contributed by atoms with Gasteiger partial charge in [0.15, 0.2) is 6.10 Å². The Morgan fingerprint density at radius 1 is 1.44 bits per heavy atom. The Bertz CT molecular complexity index is 359. The van der Waals surface area contributed by atoms with Crippen molar-refractivity contribution in [1.29, 1.82) is 0 Å². The molecule has 0 aromatic carbocycles. The maximum Gasteiger partial charge on any atom is 0.408 e. The van der Waals surface area contributed by atoms with Crippen LogP contribution in [0.15, 0.2) is 0 Å². The third-order valence-electron chi connectivity index (χ3n) is 2.56. The molecule has 18 heavy (non-hydrogen) atoms. The van der Waals surface area contributed by atoms with Crippen molar-refractivity contribution < 1.29 is 19.4 Å². The van der Waals surface area contributed by atoms with E-state index in [1.807, 2.05) is 0 Å². The molecular formula is C12H18N2O4. The molecule has 0 heterocycles. The van der Waals surface area contributed by atoms with Crippen molar-refractivity contribution in [3.63, 3.8) is 0 Å². The molecular weight excluding hydrogens is 236 g/mol. The minimum atomic E-state index is -1.17. The van der Waals surface area contributed by atoms with Crippen LogP contribution in [0.1, 0.15) is 32.1 Å². The van der Waals surface area contributed by atoms with Crippen LogP contribution in [-0.2, 0) is 9.53 Å². The molecule has 1 aliphatic rings. The summed E-state index contributed by atoms with van der Waals surface area (Å²) in [4.78, 5) is 21.8. The summed E-state index contributed by atoms with van der Waals surface area (Å²) < 4.78 is 5.08. The van der Waals surface area contributed by atoms with Gasteiger partial charge in [0.1, 0.15) is 6.04 Å². The van der Waals surface area contributed by atoms with Crippen molar-refractivity contribution in [3.8, 4) is 11.8 Å². The summed E-state index contributed by atoms with van der Waals surface area (Å²) in [5.74, 6) is 4.67. The molecule has 4 N–H and O–H groups in total. The SMILES string of the molecule is NC(CNC(=O)OC1C#CCCCCC1)C(=O)O. The Morgan fingerprint density at radius 3 is 2.94 bits per heavy atom. The summed E-state index contributed by atoms with van der Waals surface area (Å²) in [6.07, 6.45) is 3.59. The van der Waals surface area contributed by atoms with E-state index in [0.29, 0.717) is 6.42 Å². The van der Waals surface area contributed by atoms with Gasteiger partial charge in [0.05, 0.1) is 0 Å². The lowest BCUT2D eigenvalue weighted by Crippen LogP contribution is -2.43. The van der Waals surface area contributed by atoms with Gasteiger partial charge in [-0.25, -0.2) is 4.79 Å². The summed E-state index contributed by atoms with van der Waals surface area (Å²) in [6.45, 7) is -0.158. The standard InChI is InChI=1S/C12H18N2O4/c13-10(11(15)16)8-14-12(17)18-9-6-4-2-1-3-5-7-9/h9-10H,1-4,6,8,13H2,(H,14,17)(H,15,16). The Hall–Kier alpha value is -1.74. The third-order valence-corrected chi connectivity index (χ3v) is 2.56. The maximum absolute atomic E-state index is 11.4. The second kappa shape index (κ2) is 7.56. The molecule has 1 amide bonds. The predicted octanol–water partition coefficient (Wildman–Crippen LogP) is 0.461. The van der Waals surface area contributed by atoms with Gasteiger partial charge in [-0.3, -0.25) is 4.79 Å². The van der Waals surface area contributed by atoms with Crippen LogP contribution >= 0.6 is 0 Å². The number of nitrogens with two attached hydrogens (primary N) is 1. The predicted molar refractivity (Wildman–Crippen MR) is 64.7 cm³/mol. The lowest BCUT2D eigenvalue weighted by molar-refractivity contribution is -0.138. The van der Waals surface area contributed by atoms with Crippen LogP contribution in [0.25, 0.3) is 0 Å². The molecule has 0 fully saturated rings. The first-order valence-electron chi connectivity index (χ1n) is 6.01. The molecule has 0 aliphatic heterocycles. The van der Waals surface area contributed by atoms with Crippen LogP contribution in [0.3, 0.4) is 0 Å². The van der Waals surface area contributed by atoms with Gasteiger partial charge >= 0.3 is 12.1 Å². The zero-order valence-electron chi connectivity index (χ0n) is 10.1. The topological polar surface area (TPSA) is 102 Å². The molecule has 1 rings (SSSR count). The monoisotopic (exact) mass is 254 g/mol.